The molecule has 0 N–H and O–H groups in total. The van der Waals surface area contributed by atoms with E-state index in [1.807, 2.05) is 5.56 Å². The third-order valence-corrected chi connectivity index (χ3v) is 5.81. The predicted molar refractivity (Wildman–Crippen MR) is 92.1 cm³/mol. The van der Waals surface area contributed by atoms with Crippen LogP contribution in [0.3, 0.4) is 0 Å². The van der Waals surface area contributed by atoms with Gasteiger partial charge < -0.3 is 0 Å². The molecule has 2 saturated carbocycles. The molecule has 1 aromatic carbocycles. The molecule has 0 amide bonds. The minimum atomic E-state index is 0.868. The topological polar surface area (TPSA) is 0 Å². The first-order valence-electron chi connectivity index (χ1n) is 9.52. The van der Waals surface area contributed by atoms with Crippen molar-refractivity contribution in [2.45, 2.75) is 95.8 Å². The van der Waals surface area contributed by atoms with E-state index in [0.29, 0.717) is 0 Å². The summed E-state index contributed by atoms with van der Waals surface area (Å²) in [6.07, 6.45) is 17.1. The Balaban J connectivity index is 1.94. The van der Waals surface area contributed by atoms with Gasteiger partial charge in [-0.2, -0.15) is 0 Å². The molecule has 0 aliphatic heterocycles. The fraction of sp³-hybridized carbons (Fsp3) is 0.714. The molecule has 0 heteroatoms. The molecule has 0 atom stereocenters. The van der Waals surface area contributed by atoms with Gasteiger partial charge in [0.1, 0.15) is 0 Å². The van der Waals surface area contributed by atoms with Crippen LogP contribution in [0.5, 0.6) is 0 Å². The maximum atomic E-state index is 2.49. The molecule has 0 radical (unpaired) electrons. The van der Waals surface area contributed by atoms with Crippen molar-refractivity contribution in [3.63, 3.8) is 0 Å². The largest absolute Gasteiger partial charge is 0.0651 e. The molecule has 0 saturated heterocycles. The number of hydrogen-bond acceptors (Lipinski definition) is 0. The van der Waals surface area contributed by atoms with Crippen molar-refractivity contribution in [1.82, 2.24) is 0 Å². The van der Waals surface area contributed by atoms with Crippen LogP contribution < -0.4 is 0 Å². The second-order valence-electron chi connectivity index (χ2n) is 7.34. The van der Waals surface area contributed by atoms with Crippen molar-refractivity contribution in [3.05, 3.63) is 34.9 Å². The van der Waals surface area contributed by atoms with Gasteiger partial charge in [-0.3, -0.25) is 0 Å². The van der Waals surface area contributed by atoms with Gasteiger partial charge >= 0.3 is 0 Å². The van der Waals surface area contributed by atoms with Gasteiger partial charge in [-0.05, 0) is 60.6 Å². The minimum absolute atomic E-state index is 0.868. The average Bonchev–Trinajstić information content (AvgIpc) is 2.56. The molecule has 2 aliphatic carbocycles. The lowest BCUT2D eigenvalue weighted by molar-refractivity contribution is 0.417. The molecule has 2 fully saturated rings. The Kier molecular flexibility index (Phi) is 5.38. The maximum Gasteiger partial charge on any atom is -0.0156 e. The summed E-state index contributed by atoms with van der Waals surface area (Å²) in [5, 5.41) is 0. The average molecular weight is 284 g/mol. The highest BCUT2D eigenvalue weighted by molar-refractivity contribution is 5.41. The summed E-state index contributed by atoms with van der Waals surface area (Å²) in [6.45, 7) is 2.33. The summed E-state index contributed by atoms with van der Waals surface area (Å²) < 4.78 is 0. The first-order chi connectivity index (χ1) is 10.4. The lowest BCUT2D eigenvalue weighted by Crippen LogP contribution is -2.14. The van der Waals surface area contributed by atoms with Crippen LogP contribution in [0.25, 0.3) is 0 Å². The van der Waals surface area contributed by atoms with Crippen molar-refractivity contribution < 1.29 is 0 Å². The van der Waals surface area contributed by atoms with E-state index in [0.717, 1.165) is 11.8 Å². The quantitative estimate of drug-likeness (QED) is 0.574. The van der Waals surface area contributed by atoms with Crippen molar-refractivity contribution in [2.75, 3.05) is 0 Å². The van der Waals surface area contributed by atoms with Gasteiger partial charge in [0.2, 0.25) is 0 Å². The second kappa shape index (κ2) is 7.47. The van der Waals surface area contributed by atoms with Gasteiger partial charge in [-0.25, -0.2) is 0 Å². The third kappa shape index (κ3) is 3.52. The molecule has 116 valence electrons. The molecular formula is C21H32. The van der Waals surface area contributed by atoms with Crippen LogP contribution >= 0.6 is 0 Å². The fourth-order valence-corrected chi connectivity index (χ4v) is 4.78. The Labute approximate surface area is 131 Å². The Morgan fingerprint density at radius 1 is 0.810 bits per heavy atom. The van der Waals surface area contributed by atoms with Gasteiger partial charge in [0.05, 0.1) is 0 Å². The summed E-state index contributed by atoms with van der Waals surface area (Å²) in [6, 6.07) is 7.26. The van der Waals surface area contributed by atoms with Crippen LogP contribution in [-0.4, -0.2) is 0 Å². The van der Waals surface area contributed by atoms with Crippen LogP contribution in [0.2, 0.25) is 0 Å². The smallest absolute Gasteiger partial charge is 0.0156 e. The van der Waals surface area contributed by atoms with E-state index in [1.165, 1.54) is 77.0 Å². The molecule has 0 spiro atoms. The van der Waals surface area contributed by atoms with Crippen molar-refractivity contribution in [3.8, 4) is 0 Å². The number of hydrogen-bond donors (Lipinski definition) is 0. The van der Waals surface area contributed by atoms with Crippen molar-refractivity contribution in [1.29, 1.82) is 0 Å². The molecule has 0 heterocycles. The maximum absolute atomic E-state index is 2.49. The number of benzene rings is 1. The van der Waals surface area contributed by atoms with E-state index in [2.05, 4.69) is 25.1 Å². The Hall–Kier alpha value is -0.780. The first kappa shape index (κ1) is 15.1. The lowest BCUT2D eigenvalue weighted by Gasteiger charge is -2.31. The zero-order valence-electron chi connectivity index (χ0n) is 13.9. The molecule has 0 aromatic heterocycles. The molecule has 3 rings (SSSR count). The SMILES string of the molecule is CCCc1cccc(C2CCCCC2)c1C1CCCCC1. The molecule has 21 heavy (non-hydrogen) atoms. The van der Waals surface area contributed by atoms with Gasteiger partial charge in [-0.15, -0.1) is 0 Å². The number of aryl methyl sites for hydroxylation is 1. The van der Waals surface area contributed by atoms with Gasteiger partial charge in [0.25, 0.3) is 0 Å². The zero-order valence-corrected chi connectivity index (χ0v) is 13.9. The Morgan fingerprint density at radius 2 is 1.43 bits per heavy atom. The van der Waals surface area contributed by atoms with Crippen LogP contribution in [0.1, 0.15) is 106 Å². The lowest BCUT2D eigenvalue weighted by atomic mass is 9.74. The normalized spacial score (nSPS) is 21.6. The highest BCUT2D eigenvalue weighted by atomic mass is 14.3. The van der Waals surface area contributed by atoms with Crippen LogP contribution in [-0.2, 0) is 6.42 Å². The predicted octanol–water partition coefficient (Wildman–Crippen LogP) is 6.73. The minimum Gasteiger partial charge on any atom is -0.0651 e. The Bertz CT molecular complexity index is 433. The zero-order chi connectivity index (χ0) is 14.5. The standard InChI is InChI=1S/C21H32/c1-2-10-18-15-9-16-20(17-11-5-3-6-12-17)21(18)19-13-7-4-8-14-19/h9,15-17,19H,2-8,10-14H2,1H3. The van der Waals surface area contributed by atoms with Crippen LogP contribution in [0.15, 0.2) is 18.2 Å². The molecule has 0 unspecified atom stereocenters. The van der Waals surface area contributed by atoms with Crippen LogP contribution in [0.4, 0.5) is 0 Å². The summed E-state index contributed by atoms with van der Waals surface area (Å²) in [5.74, 6) is 1.74. The second-order valence-corrected chi connectivity index (χ2v) is 7.34. The highest BCUT2D eigenvalue weighted by Crippen LogP contribution is 2.42. The van der Waals surface area contributed by atoms with E-state index >= 15 is 0 Å². The summed E-state index contributed by atoms with van der Waals surface area (Å²) in [7, 11) is 0. The molecule has 0 bridgehead atoms. The van der Waals surface area contributed by atoms with E-state index in [9.17, 15) is 0 Å². The van der Waals surface area contributed by atoms with E-state index in [1.54, 1.807) is 11.1 Å². The highest BCUT2D eigenvalue weighted by Gasteiger charge is 2.25. The fourth-order valence-electron chi connectivity index (χ4n) is 4.78. The molecule has 1 aromatic rings. The monoisotopic (exact) mass is 284 g/mol. The molecule has 2 aliphatic rings. The number of rotatable bonds is 4. The summed E-state index contributed by atoms with van der Waals surface area (Å²) in [5.41, 5.74) is 5.26. The Morgan fingerprint density at radius 3 is 2.05 bits per heavy atom. The summed E-state index contributed by atoms with van der Waals surface area (Å²) >= 11 is 0. The third-order valence-electron chi connectivity index (χ3n) is 5.81. The van der Waals surface area contributed by atoms with E-state index in [4.69, 9.17) is 0 Å². The van der Waals surface area contributed by atoms with E-state index in [-0.39, 0.29) is 0 Å². The van der Waals surface area contributed by atoms with Crippen LogP contribution in [0, 0.1) is 0 Å². The van der Waals surface area contributed by atoms with Crippen molar-refractivity contribution in [2.24, 2.45) is 0 Å². The van der Waals surface area contributed by atoms with Gasteiger partial charge in [0.15, 0.2) is 0 Å². The first-order valence-corrected chi connectivity index (χ1v) is 9.52. The van der Waals surface area contributed by atoms with Crippen molar-refractivity contribution >= 4 is 0 Å². The molecular weight excluding hydrogens is 252 g/mol. The molecule has 0 nitrogen and oxygen atoms in total. The van der Waals surface area contributed by atoms with Gasteiger partial charge in [0, 0.05) is 0 Å². The summed E-state index contributed by atoms with van der Waals surface area (Å²) in [4.78, 5) is 0. The van der Waals surface area contributed by atoms with E-state index < -0.39 is 0 Å². The van der Waals surface area contributed by atoms with Gasteiger partial charge in [-0.1, -0.05) is 70.1 Å².